The van der Waals surface area contributed by atoms with Crippen molar-refractivity contribution >= 4 is 23.0 Å². The highest BCUT2D eigenvalue weighted by Crippen LogP contribution is 2.23. The van der Waals surface area contributed by atoms with E-state index in [9.17, 15) is 14.9 Å². The van der Waals surface area contributed by atoms with Crippen LogP contribution in [0.15, 0.2) is 18.2 Å². The Balaban J connectivity index is 1.88. The Morgan fingerprint density at radius 3 is 2.65 bits per heavy atom. The van der Waals surface area contributed by atoms with Crippen LogP contribution in [0.5, 0.6) is 0 Å². The van der Waals surface area contributed by atoms with Crippen LogP contribution in [-0.4, -0.2) is 23.4 Å². The Morgan fingerprint density at radius 1 is 1.35 bits per heavy atom. The van der Waals surface area contributed by atoms with Crippen molar-refractivity contribution in [3.63, 3.8) is 0 Å². The molecule has 1 aliphatic rings. The highest BCUT2D eigenvalue weighted by molar-refractivity contribution is 5.77. The molecule has 1 fully saturated rings. The third-order valence-electron chi connectivity index (χ3n) is 2.92. The number of rotatable bonds is 7. The summed E-state index contributed by atoms with van der Waals surface area (Å²) in [5.74, 6) is 5.25. The van der Waals surface area contributed by atoms with Gasteiger partial charge in [0.1, 0.15) is 0 Å². The molecule has 0 radical (unpaired) electrons. The van der Waals surface area contributed by atoms with Gasteiger partial charge in [-0.1, -0.05) is 0 Å². The van der Waals surface area contributed by atoms with E-state index in [1.165, 1.54) is 12.1 Å². The predicted molar refractivity (Wildman–Crippen MR) is 75.2 cm³/mol. The number of benzene rings is 1. The van der Waals surface area contributed by atoms with Gasteiger partial charge in [-0.15, -0.1) is 0 Å². The predicted octanol–water partition coefficient (Wildman–Crippen LogP) is 0.961. The highest BCUT2D eigenvalue weighted by Gasteiger charge is 2.22. The van der Waals surface area contributed by atoms with Crippen molar-refractivity contribution in [3.8, 4) is 0 Å². The van der Waals surface area contributed by atoms with Crippen LogP contribution in [0.3, 0.4) is 0 Å². The zero-order valence-electron chi connectivity index (χ0n) is 10.9. The second-order valence-electron chi connectivity index (χ2n) is 4.69. The lowest BCUT2D eigenvalue weighted by atomic mass is 10.2. The van der Waals surface area contributed by atoms with Crippen LogP contribution >= 0.6 is 0 Å². The molecule has 0 bridgehead atoms. The molecule has 1 amide bonds. The molecular weight excluding hydrogens is 262 g/mol. The van der Waals surface area contributed by atoms with Crippen molar-refractivity contribution in [1.29, 1.82) is 0 Å². The zero-order chi connectivity index (χ0) is 14.5. The maximum absolute atomic E-state index is 11.5. The molecule has 20 heavy (non-hydrogen) atoms. The number of carbonyl (C=O) groups excluding carboxylic acids is 1. The standard InChI is InChI=1S/C12H17N5O3/c13-16-10-5-9(6-11(7-10)17(19)20)14-4-3-12(18)15-8-1-2-8/h5-8,14,16H,1-4,13H2,(H,15,18). The summed E-state index contributed by atoms with van der Waals surface area (Å²) in [7, 11) is 0. The maximum atomic E-state index is 11.5. The molecule has 8 heteroatoms. The molecule has 1 aliphatic carbocycles. The van der Waals surface area contributed by atoms with Gasteiger partial charge in [-0.25, -0.2) is 0 Å². The number of hydrogen-bond donors (Lipinski definition) is 4. The molecule has 1 aromatic carbocycles. The molecule has 0 spiro atoms. The summed E-state index contributed by atoms with van der Waals surface area (Å²) in [6.07, 6.45) is 2.43. The van der Waals surface area contributed by atoms with Gasteiger partial charge < -0.3 is 16.1 Å². The first-order valence-corrected chi connectivity index (χ1v) is 6.38. The number of anilines is 2. The van der Waals surface area contributed by atoms with Gasteiger partial charge in [0.05, 0.1) is 10.6 Å². The molecule has 1 saturated carbocycles. The number of nitro groups is 1. The normalized spacial score (nSPS) is 13.7. The van der Waals surface area contributed by atoms with Crippen LogP contribution in [0.25, 0.3) is 0 Å². The van der Waals surface area contributed by atoms with E-state index in [0.717, 1.165) is 12.8 Å². The highest BCUT2D eigenvalue weighted by atomic mass is 16.6. The fraction of sp³-hybridized carbons (Fsp3) is 0.417. The molecule has 2 rings (SSSR count). The summed E-state index contributed by atoms with van der Waals surface area (Å²) < 4.78 is 0. The van der Waals surface area contributed by atoms with Crippen molar-refractivity contribution in [3.05, 3.63) is 28.3 Å². The van der Waals surface area contributed by atoms with Gasteiger partial charge in [-0.3, -0.25) is 20.8 Å². The number of hydrazine groups is 1. The zero-order valence-corrected chi connectivity index (χ0v) is 10.9. The molecule has 1 aromatic rings. The van der Waals surface area contributed by atoms with Gasteiger partial charge in [0, 0.05) is 36.8 Å². The molecular formula is C12H17N5O3. The van der Waals surface area contributed by atoms with Gasteiger partial charge in [0.15, 0.2) is 0 Å². The van der Waals surface area contributed by atoms with Crippen LogP contribution in [0.2, 0.25) is 0 Å². The average molecular weight is 279 g/mol. The van der Waals surface area contributed by atoms with E-state index in [0.29, 0.717) is 30.4 Å². The number of non-ortho nitro benzene ring substituents is 1. The van der Waals surface area contributed by atoms with Gasteiger partial charge in [0.25, 0.3) is 5.69 Å². The lowest BCUT2D eigenvalue weighted by Gasteiger charge is -2.08. The fourth-order valence-corrected chi connectivity index (χ4v) is 1.75. The van der Waals surface area contributed by atoms with Crippen LogP contribution < -0.4 is 21.9 Å². The fourth-order valence-electron chi connectivity index (χ4n) is 1.75. The SMILES string of the molecule is NNc1cc(NCCC(=O)NC2CC2)cc([N+](=O)[O-])c1. The number of nitro benzene ring substituents is 1. The first-order valence-electron chi connectivity index (χ1n) is 6.38. The van der Waals surface area contributed by atoms with Crippen molar-refractivity contribution in [2.45, 2.75) is 25.3 Å². The molecule has 8 nitrogen and oxygen atoms in total. The second-order valence-corrected chi connectivity index (χ2v) is 4.69. The van der Waals surface area contributed by atoms with E-state index in [-0.39, 0.29) is 11.6 Å². The lowest BCUT2D eigenvalue weighted by molar-refractivity contribution is -0.384. The minimum Gasteiger partial charge on any atom is -0.384 e. The second kappa shape index (κ2) is 6.20. The minimum atomic E-state index is -0.494. The Labute approximate surface area is 115 Å². The van der Waals surface area contributed by atoms with Gasteiger partial charge >= 0.3 is 0 Å². The lowest BCUT2D eigenvalue weighted by Crippen LogP contribution is -2.27. The maximum Gasteiger partial charge on any atom is 0.273 e. The van der Waals surface area contributed by atoms with E-state index in [1.54, 1.807) is 6.07 Å². The Bertz CT molecular complexity index is 516. The molecule has 0 aliphatic heterocycles. The third kappa shape index (κ3) is 4.09. The Hall–Kier alpha value is -2.35. The first kappa shape index (κ1) is 14.1. The van der Waals surface area contributed by atoms with E-state index < -0.39 is 4.92 Å². The van der Waals surface area contributed by atoms with Crippen molar-refractivity contribution in [1.82, 2.24) is 5.32 Å². The Kier molecular flexibility index (Phi) is 4.36. The van der Waals surface area contributed by atoms with Gasteiger partial charge in [-0.05, 0) is 18.9 Å². The van der Waals surface area contributed by atoms with E-state index in [1.807, 2.05) is 0 Å². The van der Waals surface area contributed by atoms with Crippen LogP contribution in [0.1, 0.15) is 19.3 Å². The number of nitrogens with two attached hydrogens (primary N) is 1. The van der Waals surface area contributed by atoms with E-state index in [2.05, 4.69) is 16.1 Å². The molecule has 0 heterocycles. The largest absolute Gasteiger partial charge is 0.384 e. The van der Waals surface area contributed by atoms with Crippen LogP contribution in [0, 0.1) is 10.1 Å². The molecule has 108 valence electrons. The number of carbonyl (C=O) groups is 1. The monoisotopic (exact) mass is 279 g/mol. The smallest absolute Gasteiger partial charge is 0.273 e. The number of nitrogen functional groups attached to an aromatic ring is 1. The third-order valence-corrected chi connectivity index (χ3v) is 2.92. The number of hydrogen-bond acceptors (Lipinski definition) is 6. The number of nitrogens with one attached hydrogen (secondary N) is 3. The molecule has 0 saturated heterocycles. The van der Waals surface area contributed by atoms with Crippen molar-refractivity contribution in [2.75, 3.05) is 17.3 Å². The molecule has 0 unspecified atom stereocenters. The topological polar surface area (TPSA) is 122 Å². The van der Waals surface area contributed by atoms with Gasteiger partial charge in [0.2, 0.25) is 5.91 Å². The summed E-state index contributed by atoms with van der Waals surface area (Å²) in [6, 6.07) is 4.73. The van der Waals surface area contributed by atoms with E-state index in [4.69, 9.17) is 5.84 Å². The average Bonchev–Trinajstić information content (AvgIpc) is 3.22. The Morgan fingerprint density at radius 2 is 2.05 bits per heavy atom. The van der Waals surface area contributed by atoms with Gasteiger partial charge in [-0.2, -0.15) is 0 Å². The first-order chi connectivity index (χ1) is 9.58. The van der Waals surface area contributed by atoms with Crippen LogP contribution in [-0.2, 0) is 4.79 Å². The summed E-state index contributed by atoms with van der Waals surface area (Å²) in [6.45, 7) is 0.406. The summed E-state index contributed by atoms with van der Waals surface area (Å²) in [5, 5.41) is 16.6. The number of amides is 1. The van der Waals surface area contributed by atoms with Crippen molar-refractivity contribution < 1.29 is 9.72 Å². The van der Waals surface area contributed by atoms with Crippen molar-refractivity contribution in [2.24, 2.45) is 5.84 Å². The summed E-state index contributed by atoms with van der Waals surface area (Å²) in [5.41, 5.74) is 3.29. The van der Waals surface area contributed by atoms with Crippen LogP contribution in [0.4, 0.5) is 17.1 Å². The quantitative estimate of drug-likeness (QED) is 0.335. The van der Waals surface area contributed by atoms with E-state index >= 15 is 0 Å². The minimum absolute atomic E-state index is 0.0115. The summed E-state index contributed by atoms with van der Waals surface area (Å²) >= 11 is 0. The molecule has 5 N–H and O–H groups in total. The summed E-state index contributed by atoms with van der Waals surface area (Å²) in [4.78, 5) is 21.8. The number of nitrogens with zero attached hydrogens (tertiary/aromatic N) is 1. The molecule has 0 atom stereocenters. The molecule has 0 aromatic heterocycles.